The molecule has 0 radical (unpaired) electrons. The van der Waals surface area contributed by atoms with E-state index in [0.717, 1.165) is 35.8 Å². The molecular weight excluding hydrogens is 336 g/mol. The van der Waals surface area contributed by atoms with E-state index in [1.165, 1.54) is 0 Å². The van der Waals surface area contributed by atoms with Crippen LogP contribution < -0.4 is 10.2 Å². The topological polar surface area (TPSA) is 50.2 Å². The van der Waals surface area contributed by atoms with Crippen LogP contribution in [-0.2, 0) is 0 Å². The fourth-order valence-corrected chi connectivity index (χ4v) is 3.33. The minimum Gasteiger partial charge on any atom is -0.372 e. The molecule has 3 rings (SSSR count). The van der Waals surface area contributed by atoms with Crippen LogP contribution in [0.1, 0.15) is 35.6 Å². The van der Waals surface area contributed by atoms with Gasteiger partial charge in [-0.2, -0.15) is 5.10 Å². The molecule has 0 fully saturated rings. The first kappa shape index (κ1) is 18.7. The van der Waals surface area contributed by atoms with Crippen LogP contribution in [0.2, 0.25) is 0 Å². The molecule has 0 unspecified atom stereocenters. The van der Waals surface area contributed by atoms with Crippen LogP contribution in [0.4, 0.5) is 11.4 Å². The molecule has 3 aromatic rings. The van der Waals surface area contributed by atoms with Crippen LogP contribution in [0.25, 0.3) is 5.69 Å². The van der Waals surface area contributed by atoms with Crippen molar-refractivity contribution in [1.82, 2.24) is 9.78 Å². The zero-order valence-electron chi connectivity index (χ0n) is 16.4. The number of carbonyl (C=O) groups is 1. The van der Waals surface area contributed by atoms with Gasteiger partial charge in [0.25, 0.3) is 5.91 Å². The minimum absolute atomic E-state index is 0.136. The number of carbonyl (C=O) groups excluding carboxylic acids is 1. The number of anilines is 2. The molecule has 1 aromatic heterocycles. The third-order valence-corrected chi connectivity index (χ3v) is 4.77. The molecule has 1 N–H and O–H groups in total. The first-order valence-electron chi connectivity index (χ1n) is 9.33. The van der Waals surface area contributed by atoms with E-state index in [1.807, 2.05) is 73.1 Å². The van der Waals surface area contributed by atoms with E-state index >= 15 is 0 Å². The average Bonchev–Trinajstić information content (AvgIpc) is 2.99. The highest BCUT2D eigenvalue weighted by molar-refractivity contribution is 6.06. The lowest BCUT2D eigenvalue weighted by Crippen LogP contribution is -2.21. The molecule has 0 aliphatic rings. The average molecular weight is 362 g/mol. The van der Waals surface area contributed by atoms with E-state index in [4.69, 9.17) is 0 Å². The summed E-state index contributed by atoms with van der Waals surface area (Å²) < 4.78 is 1.81. The summed E-state index contributed by atoms with van der Waals surface area (Å²) in [6, 6.07) is 17.8. The number of rotatable bonds is 6. The highest BCUT2D eigenvalue weighted by Gasteiger charge is 2.19. The van der Waals surface area contributed by atoms with Gasteiger partial charge >= 0.3 is 0 Å². The van der Waals surface area contributed by atoms with Crippen molar-refractivity contribution in [2.24, 2.45) is 0 Å². The van der Waals surface area contributed by atoms with Gasteiger partial charge in [-0.25, -0.2) is 4.68 Å². The van der Waals surface area contributed by atoms with Crippen molar-refractivity contribution in [2.75, 3.05) is 23.3 Å². The smallest absolute Gasteiger partial charge is 0.259 e. The van der Waals surface area contributed by atoms with Crippen LogP contribution >= 0.6 is 0 Å². The van der Waals surface area contributed by atoms with Crippen LogP contribution in [-0.4, -0.2) is 28.8 Å². The van der Waals surface area contributed by atoms with Gasteiger partial charge in [-0.3, -0.25) is 4.79 Å². The molecule has 0 aliphatic heterocycles. The second-order valence-corrected chi connectivity index (χ2v) is 6.47. The first-order valence-corrected chi connectivity index (χ1v) is 9.33. The number of aryl methyl sites for hydroxylation is 1. The largest absolute Gasteiger partial charge is 0.372 e. The Bertz CT molecular complexity index is 909. The molecule has 140 valence electrons. The van der Waals surface area contributed by atoms with Gasteiger partial charge < -0.3 is 10.2 Å². The number of aromatic nitrogens is 2. The Morgan fingerprint density at radius 1 is 1.00 bits per heavy atom. The molecule has 1 amide bonds. The molecule has 0 atom stereocenters. The summed E-state index contributed by atoms with van der Waals surface area (Å²) in [6.07, 6.45) is 0. The van der Waals surface area contributed by atoms with Crippen LogP contribution in [0.5, 0.6) is 0 Å². The van der Waals surface area contributed by atoms with Gasteiger partial charge in [0.1, 0.15) is 0 Å². The predicted octanol–water partition coefficient (Wildman–Crippen LogP) is 4.59. The summed E-state index contributed by atoms with van der Waals surface area (Å²) in [6.45, 7) is 9.97. The third-order valence-electron chi connectivity index (χ3n) is 4.77. The van der Waals surface area contributed by atoms with Gasteiger partial charge in [0, 0.05) is 24.5 Å². The normalized spacial score (nSPS) is 10.7. The maximum atomic E-state index is 12.9. The summed E-state index contributed by atoms with van der Waals surface area (Å²) in [5.41, 5.74) is 5.04. The van der Waals surface area contributed by atoms with Crippen LogP contribution in [0.15, 0.2) is 54.6 Å². The Balaban J connectivity index is 1.82. The standard InChI is InChI=1S/C22H26N4O/c1-5-25(6-2)19-14-12-18(13-15-19)23-22(27)21-16(3)24-26(17(21)4)20-10-8-7-9-11-20/h7-15H,5-6H2,1-4H3,(H,23,27). The highest BCUT2D eigenvalue weighted by Crippen LogP contribution is 2.21. The fraction of sp³-hybridized carbons (Fsp3) is 0.273. The summed E-state index contributed by atoms with van der Waals surface area (Å²) in [7, 11) is 0. The number of hydrogen-bond donors (Lipinski definition) is 1. The number of benzene rings is 2. The van der Waals surface area contributed by atoms with Crippen molar-refractivity contribution in [1.29, 1.82) is 0 Å². The van der Waals surface area contributed by atoms with E-state index in [2.05, 4.69) is 29.2 Å². The van der Waals surface area contributed by atoms with Crippen molar-refractivity contribution in [3.63, 3.8) is 0 Å². The van der Waals surface area contributed by atoms with Crippen molar-refractivity contribution in [2.45, 2.75) is 27.7 Å². The zero-order valence-corrected chi connectivity index (χ0v) is 16.4. The van der Waals surface area contributed by atoms with Gasteiger partial charge in [0.15, 0.2) is 0 Å². The third kappa shape index (κ3) is 3.87. The molecule has 0 spiro atoms. The molecule has 0 bridgehead atoms. The van der Waals surface area contributed by atoms with E-state index in [1.54, 1.807) is 0 Å². The molecule has 5 heteroatoms. The second kappa shape index (κ2) is 8.08. The second-order valence-electron chi connectivity index (χ2n) is 6.47. The lowest BCUT2D eigenvalue weighted by atomic mass is 10.1. The number of amides is 1. The number of nitrogens with zero attached hydrogens (tertiary/aromatic N) is 3. The van der Waals surface area contributed by atoms with Gasteiger partial charge in [-0.1, -0.05) is 18.2 Å². The number of para-hydroxylation sites is 1. The Morgan fingerprint density at radius 2 is 1.63 bits per heavy atom. The summed E-state index contributed by atoms with van der Waals surface area (Å²) >= 11 is 0. The summed E-state index contributed by atoms with van der Waals surface area (Å²) in [5, 5.41) is 7.55. The van der Waals surface area contributed by atoms with Crippen molar-refractivity contribution in [3.05, 3.63) is 71.5 Å². The fourth-order valence-electron chi connectivity index (χ4n) is 3.33. The van der Waals surface area contributed by atoms with Crippen molar-refractivity contribution < 1.29 is 4.79 Å². The Hall–Kier alpha value is -3.08. The molecular formula is C22H26N4O. The Morgan fingerprint density at radius 3 is 2.22 bits per heavy atom. The molecule has 0 saturated heterocycles. The SMILES string of the molecule is CCN(CC)c1ccc(NC(=O)c2c(C)nn(-c3ccccc3)c2C)cc1. The van der Waals surface area contributed by atoms with Gasteiger partial charge in [-0.15, -0.1) is 0 Å². The maximum absolute atomic E-state index is 12.9. The lowest BCUT2D eigenvalue weighted by molar-refractivity contribution is 0.102. The predicted molar refractivity (Wildman–Crippen MR) is 111 cm³/mol. The summed E-state index contributed by atoms with van der Waals surface area (Å²) in [5.74, 6) is -0.136. The monoisotopic (exact) mass is 362 g/mol. The molecule has 0 aliphatic carbocycles. The Kier molecular flexibility index (Phi) is 5.60. The van der Waals surface area contributed by atoms with E-state index in [0.29, 0.717) is 11.3 Å². The first-order chi connectivity index (χ1) is 13.0. The van der Waals surface area contributed by atoms with Gasteiger partial charge in [0.2, 0.25) is 0 Å². The van der Waals surface area contributed by atoms with E-state index < -0.39 is 0 Å². The van der Waals surface area contributed by atoms with Crippen molar-refractivity contribution >= 4 is 17.3 Å². The lowest BCUT2D eigenvalue weighted by Gasteiger charge is -2.21. The van der Waals surface area contributed by atoms with Gasteiger partial charge in [0.05, 0.1) is 22.6 Å². The maximum Gasteiger partial charge on any atom is 0.259 e. The van der Waals surface area contributed by atoms with Crippen LogP contribution in [0.3, 0.4) is 0 Å². The van der Waals surface area contributed by atoms with Crippen LogP contribution in [0, 0.1) is 13.8 Å². The number of hydrogen-bond acceptors (Lipinski definition) is 3. The van der Waals surface area contributed by atoms with E-state index in [9.17, 15) is 4.79 Å². The molecule has 5 nitrogen and oxygen atoms in total. The van der Waals surface area contributed by atoms with E-state index in [-0.39, 0.29) is 5.91 Å². The quantitative estimate of drug-likeness (QED) is 0.698. The minimum atomic E-state index is -0.136. The molecule has 1 heterocycles. The number of nitrogens with one attached hydrogen (secondary N) is 1. The zero-order chi connectivity index (χ0) is 19.4. The summed E-state index contributed by atoms with van der Waals surface area (Å²) in [4.78, 5) is 15.1. The van der Waals surface area contributed by atoms with Crippen molar-refractivity contribution in [3.8, 4) is 5.69 Å². The molecule has 27 heavy (non-hydrogen) atoms. The molecule has 2 aromatic carbocycles. The Labute approximate surface area is 160 Å². The highest BCUT2D eigenvalue weighted by atomic mass is 16.1. The molecule has 0 saturated carbocycles. The van der Waals surface area contributed by atoms with Gasteiger partial charge in [-0.05, 0) is 64.1 Å².